The Bertz CT molecular complexity index is 897. The molecule has 0 heterocycles. The summed E-state index contributed by atoms with van der Waals surface area (Å²) >= 11 is 0. The van der Waals surface area contributed by atoms with Crippen molar-refractivity contribution in [1.29, 1.82) is 0 Å². The number of ether oxygens (including phenoxy) is 3. The number of hydrogen-bond acceptors (Lipinski definition) is 6. The minimum atomic E-state index is -3.34. The second-order valence-electron chi connectivity index (χ2n) is 5.63. The van der Waals surface area contributed by atoms with Crippen LogP contribution in [0.15, 0.2) is 42.5 Å². The normalized spacial score (nSPS) is 10.8. The largest absolute Gasteiger partial charge is 0.497 e. The maximum Gasteiger partial charge on any atom is 0.262 e. The second kappa shape index (κ2) is 8.63. The number of sulfonamides is 1. The quantitative estimate of drug-likeness (QED) is 0.737. The molecule has 1 amide bonds. The van der Waals surface area contributed by atoms with Gasteiger partial charge in [-0.2, -0.15) is 0 Å². The van der Waals surface area contributed by atoms with E-state index in [4.69, 9.17) is 14.2 Å². The smallest absolute Gasteiger partial charge is 0.262 e. The molecule has 0 spiro atoms. The molecule has 0 fully saturated rings. The van der Waals surface area contributed by atoms with Gasteiger partial charge in [0.05, 0.1) is 31.9 Å². The summed E-state index contributed by atoms with van der Waals surface area (Å²) in [6, 6.07) is 11.4. The Kier molecular flexibility index (Phi) is 6.51. The third-order valence-electron chi connectivity index (χ3n) is 3.75. The SMILES string of the molecule is COc1ccc(OC)c(NC(=O)COc2ccc(N(C)S(C)(=O)=O)cc2)c1. The van der Waals surface area contributed by atoms with Crippen molar-refractivity contribution >= 4 is 27.3 Å². The van der Waals surface area contributed by atoms with Gasteiger partial charge in [0, 0.05) is 13.1 Å². The third-order valence-corrected chi connectivity index (χ3v) is 4.95. The Labute approximate surface area is 158 Å². The van der Waals surface area contributed by atoms with Gasteiger partial charge in [0.1, 0.15) is 17.2 Å². The summed E-state index contributed by atoms with van der Waals surface area (Å²) < 4.78 is 40.0. The van der Waals surface area contributed by atoms with Gasteiger partial charge in [-0.05, 0) is 36.4 Å². The fourth-order valence-corrected chi connectivity index (χ4v) is 2.70. The van der Waals surface area contributed by atoms with E-state index in [1.165, 1.54) is 21.3 Å². The van der Waals surface area contributed by atoms with E-state index in [0.717, 1.165) is 10.6 Å². The van der Waals surface area contributed by atoms with Gasteiger partial charge < -0.3 is 19.5 Å². The number of carbonyl (C=O) groups excluding carboxylic acids is 1. The third kappa shape index (κ3) is 5.52. The first-order valence-corrected chi connectivity index (χ1v) is 9.78. The van der Waals surface area contributed by atoms with Crippen LogP contribution in [0, 0.1) is 0 Å². The zero-order valence-corrected chi connectivity index (χ0v) is 16.4. The van der Waals surface area contributed by atoms with Crippen LogP contribution < -0.4 is 23.8 Å². The fourth-order valence-electron chi connectivity index (χ4n) is 2.19. The first-order chi connectivity index (χ1) is 12.7. The molecular weight excluding hydrogens is 372 g/mol. The van der Waals surface area contributed by atoms with Crippen molar-refractivity contribution in [2.24, 2.45) is 0 Å². The van der Waals surface area contributed by atoms with Crippen LogP contribution in [0.4, 0.5) is 11.4 Å². The Balaban J connectivity index is 1.98. The molecule has 0 saturated carbocycles. The Morgan fingerprint density at radius 3 is 2.22 bits per heavy atom. The minimum absolute atomic E-state index is 0.221. The van der Waals surface area contributed by atoms with Gasteiger partial charge in [0.2, 0.25) is 10.0 Å². The molecule has 2 rings (SSSR count). The van der Waals surface area contributed by atoms with E-state index >= 15 is 0 Å². The standard InChI is InChI=1S/C18H22N2O6S/c1-20(27(4,22)23)13-5-7-14(8-6-13)26-12-18(21)19-16-11-15(24-2)9-10-17(16)25-3/h5-11H,12H2,1-4H3,(H,19,21). The van der Waals surface area contributed by atoms with Gasteiger partial charge in [-0.15, -0.1) is 0 Å². The first-order valence-electron chi connectivity index (χ1n) is 7.93. The van der Waals surface area contributed by atoms with E-state index in [-0.39, 0.29) is 12.5 Å². The predicted molar refractivity (Wildman–Crippen MR) is 103 cm³/mol. The van der Waals surface area contributed by atoms with E-state index in [2.05, 4.69) is 5.32 Å². The maximum atomic E-state index is 12.1. The number of amides is 1. The molecule has 0 aliphatic heterocycles. The van der Waals surface area contributed by atoms with E-state index in [9.17, 15) is 13.2 Å². The molecule has 0 aliphatic carbocycles. The molecule has 0 radical (unpaired) electrons. The molecule has 146 valence electrons. The summed E-state index contributed by atoms with van der Waals surface area (Å²) in [5.41, 5.74) is 0.964. The highest BCUT2D eigenvalue weighted by Gasteiger charge is 2.12. The number of benzene rings is 2. The van der Waals surface area contributed by atoms with Crippen LogP contribution in [0.5, 0.6) is 17.2 Å². The number of carbonyl (C=O) groups is 1. The van der Waals surface area contributed by atoms with E-state index in [1.54, 1.807) is 42.5 Å². The van der Waals surface area contributed by atoms with Crippen LogP contribution in [0.1, 0.15) is 0 Å². The van der Waals surface area contributed by atoms with Crippen molar-refractivity contribution in [3.05, 3.63) is 42.5 Å². The van der Waals surface area contributed by atoms with Crippen molar-refractivity contribution in [1.82, 2.24) is 0 Å². The van der Waals surface area contributed by atoms with Crippen molar-refractivity contribution in [3.63, 3.8) is 0 Å². The minimum Gasteiger partial charge on any atom is -0.497 e. The fraction of sp³-hybridized carbons (Fsp3) is 0.278. The summed E-state index contributed by atoms with van der Waals surface area (Å²) in [4.78, 5) is 12.1. The summed E-state index contributed by atoms with van der Waals surface area (Å²) in [6.07, 6.45) is 1.12. The predicted octanol–water partition coefficient (Wildman–Crippen LogP) is 2.12. The second-order valence-corrected chi connectivity index (χ2v) is 7.64. The molecule has 8 nitrogen and oxygen atoms in total. The van der Waals surface area contributed by atoms with Crippen molar-refractivity contribution in [2.45, 2.75) is 0 Å². The van der Waals surface area contributed by atoms with Crippen LogP contribution in [-0.2, 0) is 14.8 Å². The summed E-state index contributed by atoms with van der Waals surface area (Å²) in [6.45, 7) is -0.221. The van der Waals surface area contributed by atoms with Crippen LogP contribution in [0.3, 0.4) is 0 Å². The first kappa shape index (κ1) is 20.4. The van der Waals surface area contributed by atoms with Gasteiger partial charge in [-0.1, -0.05) is 0 Å². The van der Waals surface area contributed by atoms with Gasteiger partial charge in [-0.3, -0.25) is 9.10 Å². The average Bonchev–Trinajstić information content (AvgIpc) is 2.65. The number of nitrogens with zero attached hydrogens (tertiary/aromatic N) is 1. The van der Waals surface area contributed by atoms with E-state index < -0.39 is 10.0 Å². The monoisotopic (exact) mass is 394 g/mol. The maximum absolute atomic E-state index is 12.1. The zero-order valence-electron chi connectivity index (χ0n) is 15.6. The number of hydrogen-bond donors (Lipinski definition) is 1. The number of methoxy groups -OCH3 is 2. The molecule has 2 aromatic carbocycles. The zero-order chi connectivity index (χ0) is 20.0. The van der Waals surface area contributed by atoms with Crippen LogP contribution in [0.2, 0.25) is 0 Å². The van der Waals surface area contributed by atoms with Gasteiger partial charge in [0.15, 0.2) is 6.61 Å². The lowest BCUT2D eigenvalue weighted by atomic mass is 10.2. The van der Waals surface area contributed by atoms with Crippen LogP contribution >= 0.6 is 0 Å². The average molecular weight is 394 g/mol. The molecule has 2 aromatic rings. The molecule has 1 N–H and O–H groups in total. The van der Waals surface area contributed by atoms with Crippen LogP contribution in [-0.4, -0.2) is 48.5 Å². The topological polar surface area (TPSA) is 94.2 Å². The van der Waals surface area contributed by atoms with E-state index in [0.29, 0.717) is 28.6 Å². The highest BCUT2D eigenvalue weighted by atomic mass is 32.2. The summed E-state index contributed by atoms with van der Waals surface area (Å²) in [5, 5.41) is 2.70. The van der Waals surface area contributed by atoms with Crippen molar-refractivity contribution in [3.8, 4) is 17.2 Å². The molecule has 0 unspecified atom stereocenters. The summed E-state index contributed by atoms with van der Waals surface area (Å²) in [5.74, 6) is 1.14. The lowest BCUT2D eigenvalue weighted by Crippen LogP contribution is -2.24. The number of anilines is 2. The van der Waals surface area contributed by atoms with Gasteiger partial charge in [0.25, 0.3) is 5.91 Å². The lowest BCUT2D eigenvalue weighted by Gasteiger charge is -2.17. The van der Waals surface area contributed by atoms with Gasteiger partial charge in [-0.25, -0.2) is 8.42 Å². The Morgan fingerprint density at radius 1 is 1.04 bits per heavy atom. The molecule has 27 heavy (non-hydrogen) atoms. The molecule has 0 aromatic heterocycles. The molecule has 0 aliphatic rings. The van der Waals surface area contributed by atoms with E-state index in [1.807, 2.05) is 0 Å². The molecule has 0 saturated heterocycles. The molecular formula is C18H22N2O6S. The van der Waals surface area contributed by atoms with Crippen LogP contribution in [0.25, 0.3) is 0 Å². The number of nitrogens with one attached hydrogen (secondary N) is 1. The van der Waals surface area contributed by atoms with Crippen molar-refractivity contribution < 1.29 is 27.4 Å². The molecule has 0 bridgehead atoms. The summed E-state index contributed by atoms with van der Waals surface area (Å²) in [7, 11) is 1.16. The Hall–Kier alpha value is -2.94. The highest BCUT2D eigenvalue weighted by molar-refractivity contribution is 7.92. The Morgan fingerprint density at radius 2 is 1.67 bits per heavy atom. The van der Waals surface area contributed by atoms with Crippen molar-refractivity contribution in [2.75, 3.05) is 43.8 Å². The van der Waals surface area contributed by atoms with Gasteiger partial charge >= 0.3 is 0 Å². The molecule has 9 heteroatoms. The highest BCUT2D eigenvalue weighted by Crippen LogP contribution is 2.28. The number of rotatable bonds is 8. The molecule has 0 atom stereocenters. The lowest BCUT2D eigenvalue weighted by molar-refractivity contribution is -0.118.